The van der Waals surface area contributed by atoms with Crippen LogP contribution < -0.4 is 10.4 Å². The number of benzene rings is 1. The van der Waals surface area contributed by atoms with Crippen molar-refractivity contribution < 1.29 is 19.1 Å². The molecule has 7 rings (SSSR count). The van der Waals surface area contributed by atoms with Crippen LogP contribution in [0, 0.1) is 17.8 Å². The molecule has 3 saturated heterocycles. The molecule has 2 N–H and O–H groups in total. The highest BCUT2D eigenvalue weighted by Crippen LogP contribution is 2.40. The molecule has 0 radical (unpaired) electrons. The van der Waals surface area contributed by atoms with E-state index in [-0.39, 0.29) is 17.5 Å². The third-order valence-corrected chi connectivity index (χ3v) is 9.33. The summed E-state index contributed by atoms with van der Waals surface area (Å²) in [6, 6.07) is 9.09. The summed E-state index contributed by atoms with van der Waals surface area (Å²) in [7, 11) is 0. The van der Waals surface area contributed by atoms with Crippen molar-refractivity contribution in [3.05, 3.63) is 57.6 Å². The van der Waals surface area contributed by atoms with Gasteiger partial charge < -0.3 is 29.2 Å². The van der Waals surface area contributed by atoms with Crippen LogP contribution in [0.4, 0.5) is 0 Å². The zero-order valence-electron chi connectivity index (χ0n) is 23.3. The van der Waals surface area contributed by atoms with Gasteiger partial charge in [0.1, 0.15) is 0 Å². The van der Waals surface area contributed by atoms with E-state index in [1.807, 2.05) is 21.9 Å². The summed E-state index contributed by atoms with van der Waals surface area (Å²) < 4.78 is 11.6. The van der Waals surface area contributed by atoms with E-state index in [0.29, 0.717) is 84.5 Å². The number of aromatic amines is 2. The number of hydrogen-bond acceptors (Lipinski definition) is 6. The molecule has 0 spiro atoms. The Balaban J connectivity index is 0.995. The Morgan fingerprint density at radius 3 is 2.29 bits per heavy atom. The number of rotatable bonds is 6. The number of carbonyl (C=O) groups is 2. The van der Waals surface area contributed by atoms with E-state index < -0.39 is 0 Å². The van der Waals surface area contributed by atoms with Crippen LogP contribution in [-0.2, 0) is 4.74 Å². The summed E-state index contributed by atoms with van der Waals surface area (Å²) in [5, 5.41) is 0. The van der Waals surface area contributed by atoms with Crippen molar-refractivity contribution in [2.24, 2.45) is 17.8 Å². The molecule has 216 valence electrons. The summed E-state index contributed by atoms with van der Waals surface area (Å²) in [6.45, 7) is 4.91. The molecule has 1 saturated carbocycles. The van der Waals surface area contributed by atoms with E-state index in [2.05, 4.69) is 9.97 Å². The minimum atomic E-state index is -0.276. The Labute approximate surface area is 238 Å². The molecule has 2 atom stereocenters. The van der Waals surface area contributed by atoms with Gasteiger partial charge in [-0.25, -0.2) is 9.78 Å². The lowest BCUT2D eigenvalue weighted by Gasteiger charge is -2.24. The highest BCUT2D eigenvalue weighted by atomic mass is 16.5. The first-order valence-corrected chi connectivity index (χ1v) is 15.0. The van der Waals surface area contributed by atoms with E-state index in [4.69, 9.17) is 14.5 Å². The van der Waals surface area contributed by atoms with Gasteiger partial charge in [0, 0.05) is 68.2 Å². The molecule has 2 unspecified atom stereocenters. The normalized spacial score (nSPS) is 23.4. The molecular weight excluding hydrogens is 522 g/mol. The monoisotopic (exact) mass is 559 g/mol. The number of likely N-dealkylation sites (tertiary alicyclic amines) is 2. The number of amides is 2. The molecule has 1 aromatic carbocycles. The van der Waals surface area contributed by atoms with Crippen molar-refractivity contribution >= 4 is 22.8 Å². The molecule has 5 heterocycles. The molecule has 4 aliphatic rings. The molecule has 1 aliphatic carbocycles. The number of ether oxygens (including phenoxy) is 2. The fourth-order valence-corrected chi connectivity index (χ4v) is 6.68. The van der Waals surface area contributed by atoms with E-state index in [9.17, 15) is 14.4 Å². The van der Waals surface area contributed by atoms with Crippen LogP contribution in [0.2, 0.25) is 0 Å². The number of imidazole rings is 1. The third-order valence-electron chi connectivity index (χ3n) is 9.33. The molecule has 41 heavy (non-hydrogen) atoms. The number of nitrogens with zero attached hydrogens (tertiary/aromatic N) is 3. The molecule has 2 aromatic heterocycles. The Bertz CT molecular complexity index is 1490. The number of hydrogen-bond donors (Lipinski definition) is 2. The van der Waals surface area contributed by atoms with Crippen LogP contribution in [0.3, 0.4) is 0 Å². The van der Waals surface area contributed by atoms with Gasteiger partial charge in [0.25, 0.3) is 11.8 Å². The Morgan fingerprint density at radius 2 is 1.56 bits per heavy atom. The van der Waals surface area contributed by atoms with Crippen molar-refractivity contribution in [2.45, 2.75) is 44.4 Å². The van der Waals surface area contributed by atoms with Gasteiger partial charge in [0.05, 0.1) is 17.6 Å². The van der Waals surface area contributed by atoms with Crippen LogP contribution >= 0.6 is 0 Å². The first kappa shape index (κ1) is 26.3. The van der Waals surface area contributed by atoms with Crippen molar-refractivity contribution in [2.75, 3.05) is 46.0 Å². The fourth-order valence-electron chi connectivity index (χ4n) is 6.68. The van der Waals surface area contributed by atoms with Crippen molar-refractivity contribution in [3.8, 4) is 5.88 Å². The molecule has 0 bridgehead atoms. The van der Waals surface area contributed by atoms with Gasteiger partial charge in [-0.2, -0.15) is 0 Å². The van der Waals surface area contributed by atoms with Gasteiger partial charge in [-0.05, 0) is 80.5 Å². The van der Waals surface area contributed by atoms with Crippen molar-refractivity contribution in [3.63, 3.8) is 0 Å². The lowest BCUT2D eigenvalue weighted by atomic mass is 9.92. The second kappa shape index (κ2) is 11.0. The van der Waals surface area contributed by atoms with Crippen LogP contribution in [0.25, 0.3) is 11.0 Å². The van der Waals surface area contributed by atoms with E-state index in [0.717, 1.165) is 57.4 Å². The standard InChI is InChI=1S/C31H37N5O5/c37-29(21-3-4-25-27(13-21)34-31(39)33-25)36-16-22-5-9-35(10-6-23(22)17-36)30(38)24-14-26(20-1-2-20)32-28(15-24)41-18-19-7-11-40-12-8-19/h3-4,13-15,19-20,22-23H,1-2,5-12,16-18H2,(H2,33,34,39). The van der Waals surface area contributed by atoms with Crippen LogP contribution in [0.1, 0.15) is 70.9 Å². The summed E-state index contributed by atoms with van der Waals surface area (Å²) in [4.78, 5) is 52.8. The smallest absolute Gasteiger partial charge is 0.323 e. The number of aromatic nitrogens is 3. The van der Waals surface area contributed by atoms with E-state index in [1.165, 1.54) is 0 Å². The molecule has 10 heteroatoms. The average molecular weight is 560 g/mol. The van der Waals surface area contributed by atoms with Gasteiger partial charge in [-0.1, -0.05) is 0 Å². The van der Waals surface area contributed by atoms with E-state index in [1.54, 1.807) is 18.2 Å². The number of nitrogens with one attached hydrogen (secondary N) is 2. The van der Waals surface area contributed by atoms with Crippen LogP contribution in [0.5, 0.6) is 5.88 Å². The molecule has 3 aromatic rings. The lowest BCUT2D eigenvalue weighted by Crippen LogP contribution is -2.34. The molecule has 10 nitrogen and oxygen atoms in total. The molecule has 3 aliphatic heterocycles. The highest BCUT2D eigenvalue weighted by Gasteiger charge is 2.38. The predicted molar refractivity (Wildman–Crippen MR) is 152 cm³/mol. The minimum absolute atomic E-state index is 0.00683. The van der Waals surface area contributed by atoms with Gasteiger partial charge in [-0.15, -0.1) is 0 Å². The topological polar surface area (TPSA) is 121 Å². The van der Waals surface area contributed by atoms with Crippen LogP contribution in [-0.4, -0.2) is 82.6 Å². The Morgan fingerprint density at radius 1 is 0.854 bits per heavy atom. The number of fused-ring (bicyclic) bond motifs is 2. The molecule has 2 amide bonds. The quantitative estimate of drug-likeness (QED) is 0.477. The maximum atomic E-state index is 13.7. The first-order chi connectivity index (χ1) is 20.0. The second-order valence-corrected chi connectivity index (χ2v) is 12.2. The summed E-state index contributed by atoms with van der Waals surface area (Å²) in [5.41, 5.74) is 3.29. The van der Waals surface area contributed by atoms with Gasteiger partial charge in [0.15, 0.2) is 0 Å². The third kappa shape index (κ3) is 5.62. The van der Waals surface area contributed by atoms with Gasteiger partial charge >= 0.3 is 5.69 Å². The lowest BCUT2D eigenvalue weighted by molar-refractivity contribution is 0.0490. The maximum Gasteiger partial charge on any atom is 0.323 e. The van der Waals surface area contributed by atoms with Gasteiger partial charge in [-0.3, -0.25) is 9.59 Å². The van der Waals surface area contributed by atoms with Crippen molar-refractivity contribution in [1.82, 2.24) is 24.8 Å². The Hall–Kier alpha value is -3.66. The number of carbonyl (C=O) groups excluding carboxylic acids is 2. The first-order valence-electron chi connectivity index (χ1n) is 15.0. The maximum absolute atomic E-state index is 13.7. The summed E-state index contributed by atoms with van der Waals surface area (Å²) >= 11 is 0. The summed E-state index contributed by atoms with van der Waals surface area (Å²) in [5.74, 6) is 2.23. The largest absolute Gasteiger partial charge is 0.477 e. The second-order valence-electron chi connectivity index (χ2n) is 12.2. The predicted octanol–water partition coefficient (Wildman–Crippen LogP) is 3.56. The van der Waals surface area contributed by atoms with Crippen LogP contribution in [0.15, 0.2) is 35.1 Å². The summed E-state index contributed by atoms with van der Waals surface area (Å²) in [6.07, 6.45) is 5.97. The highest BCUT2D eigenvalue weighted by molar-refractivity contribution is 5.97. The zero-order chi connectivity index (χ0) is 27.9. The van der Waals surface area contributed by atoms with E-state index >= 15 is 0 Å². The average Bonchev–Trinajstić information content (AvgIpc) is 3.71. The van der Waals surface area contributed by atoms with Crippen molar-refractivity contribution in [1.29, 1.82) is 0 Å². The van der Waals surface area contributed by atoms with Gasteiger partial charge in [0.2, 0.25) is 5.88 Å². The molecular formula is C31H37N5O5. The number of H-pyrrole nitrogens is 2. The minimum Gasteiger partial charge on any atom is -0.477 e. The fraction of sp³-hybridized carbons (Fsp3) is 0.548. The zero-order valence-corrected chi connectivity index (χ0v) is 23.3. The Kier molecular flexibility index (Phi) is 7.02. The molecule has 4 fully saturated rings. The number of pyridine rings is 1. The SMILES string of the molecule is O=C(c1cc(OCC2CCOCC2)nc(C2CC2)c1)N1CCC2CN(C(=O)c3ccc4[nH]c(=O)[nH]c4c3)CC2CC1.